The Bertz CT molecular complexity index is 1260. The van der Waals surface area contributed by atoms with Crippen molar-refractivity contribution in [3.63, 3.8) is 0 Å². The van der Waals surface area contributed by atoms with Crippen molar-refractivity contribution in [3.05, 3.63) is 94.0 Å². The van der Waals surface area contributed by atoms with Crippen LogP contribution in [0.4, 0.5) is 0 Å². The third-order valence-electron chi connectivity index (χ3n) is 6.21. The molecule has 0 aliphatic carbocycles. The normalized spacial score (nSPS) is 18.9. The molecule has 0 aromatic heterocycles. The number of methoxy groups -OCH3 is 1. The van der Waals surface area contributed by atoms with Gasteiger partial charge >= 0.3 is 5.97 Å². The zero-order valence-electron chi connectivity index (χ0n) is 22.0. The maximum atomic E-state index is 13.2. The van der Waals surface area contributed by atoms with Gasteiger partial charge in [-0.15, -0.1) is 0 Å². The van der Waals surface area contributed by atoms with Crippen LogP contribution in [-0.2, 0) is 41.6 Å². The lowest BCUT2D eigenvalue weighted by Crippen LogP contribution is -2.51. The number of amides is 1. The zero-order valence-corrected chi connectivity index (χ0v) is 23.5. The van der Waals surface area contributed by atoms with Crippen molar-refractivity contribution in [2.24, 2.45) is 0 Å². The molecular weight excluding hydrogens is 541 g/mol. The molecule has 1 aliphatic rings. The highest BCUT2D eigenvalue weighted by Crippen LogP contribution is 2.33. The highest BCUT2D eigenvalue weighted by molar-refractivity contribution is 6.35. The van der Waals surface area contributed by atoms with Crippen LogP contribution in [0.5, 0.6) is 0 Å². The van der Waals surface area contributed by atoms with Gasteiger partial charge in [-0.1, -0.05) is 77.8 Å². The molecular formula is C30H31Cl2NO6. The van der Waals surface area contributed by atoms with Crippen molar-refractivity contribution in [1.29, 1.82) is 0 Å². The van der Waals surface area contributed by atoms with Crippen LogP contribution in [0.3, 0.4) is 0 Å². The first kappa shape index (κ1) is 29.1. The van der Waals surface area contributed by atoms with Crippen molar-refractivity contribution in [2.45, 2.75) is 50.9 Å². The Labute approximate surface area is 238 Å². The fourth-order valence-electron chi connectivity index (χ4n) is 4.51. The Kier molecular flexibility index (Phi) is 9.64. The van der Waals surface area contributed by atoms with E-state index in [1.807, 2.05) is 66.7 Å². The molecule has 206 valence electrons. The van der Waals surface area contributed by atoms with Crippen molar-refractivity contribution in [3.8, 4) is 11.1 Å². The summed E-state index contributed by atoms with van der Waals surface area (Å²) in [7, 11) is 1.44. The van der Waals surface area contributed by atoms with Crippen LogP contribution in [-0.4, -0.2) is 49.6 Å². The molecule has 0 saturated carbocycles. The second-order valence-corrected chi connectivity index (χ2v) is 10.7. The summed E-state index contributed by atoms with van der Waals surface area (Å²) in [5.74, 6) is -1.95. The summed E-state index contributed by atoms with van der Waals surface area (Å²) in [5.41, 5.74) is 3.59. The number of hydrogen-bond acceptors (Lipinski definition) is 6. The van der Waals surface area contributed by atoms with E-state index in [0.29, 0.717) is 16.5 Å². The molecule has 4 rings (SSSR count). The number of carbonyl (C=O) groups excluding carboxylic acids is 2. The van der Waals surface area contributed by atoms with Gasteiger partial charge in [0, 0.05) is 17.2 Å². The second kappa shape index (κ2) is 12.9. The van der Waals surface area contributed by atoms with E-state index in [1.165, 1.54) is 7.11 Å². The Morgan fingerprint density at radius 3 is 2.23 bits per heavy atom. The van der Waals surface area contributed by atoms with Crippen LogP contribution in [0.15, 0.2) is 72.8 Å². The SMILES string of the molecule is COCC(=O)N[C@H](Cc1ccc(-c2cc(Cl)cc(Cl)c2)cc1)[C@H]1OC(C)(C)O[C@@H]1C(=O)OCc1ccccc1. The van der Waals surface area contributed by atoms with E-state index in [0.717, 1.165) is 22.3 Å². The second-order valence-electron chi connectivity index (χ2n) is 9.78. The van der Waals surface area contributed by atoms with Crippen molar-refractivity contribution < 1.29 is 28.5 Å². The van der Waals surface area contributed by atoms with E-state index < -0.39 is 30.0 Å². The summed E-state index contributed by atoms with van der Waals surface area (Å²) >= 11 is 12.3. The van der Waals surface area contributed by atoms with E-state index in [1.54, 1.807) is 19.9 Å². The first-order valence-electron chi connectivity index (χ1n) is 12.5. The first-order valence-corrected chi connectivity index (χ1v) is 13.3. The summed E-state index contributed by atoms with van der Waals surface area (Å²) in [6.45, 7) is 3.42. The maximum absolute atomic E-state index is 13.2. The van der Waals surface area contributed by atoms with E-state index in [2.05, 4.69) is 5.32 Å². The van der Waals surface area contributed by atoms with E-state index in [4.69, 9.17) is 42.1 Å². The summed E-state index contributed by atoms with van der Waals surface area (Å²) in [5, 5.41) is 4.05. The molecule has 1 amide bonds. The van der Waals surface area contributed by atoms with Crippen LogP contribution < -0.4 is 5.32 Å². The smallest absolute Gasteiger partial charge is 0.338 e. The molecule has 1 fully saturated rings. The van der Waals surface area contributed by atoms with Gasteiger partial charge in [0.25, 0.3) is 0 Å². The molecule has 0 spiro atoms. The van der Waals surface area contributed by atoms with Crippen LogP contribution in [0, 0.1) is 0 Å². The van der Waals surface area contributed by atoms with Gasteiger partial charge in [-0.05, 0) is 60.7 Å². The van der Waals surface area contributed by atoms with Crippen LogP contribution in [0.1, 0.15) is 25.0 Å². The number of rotatable bonds is 10. The van der Waals surface area contributed by atoms with Gasteiger partial charge < -0.3 is 24.3 Å². The molecule has 1 N–H and O–H groups in total. The molecule has 1 heterocycles. The fraction of sp³-hybridized carbons (Fsp3) is 0.333. The fourth-order valence-corrected chi connectivity index (χ4v) is 5.04. The van der Waals surface area contributed by atoms with Gasteiger partial charge in [-0.3, -0.25) is 4.79 Å². The summed E-state index contributed by atoms with van der Waals surface area (Å²) < 4.78 is 22.7. The number of nitrogens with one attached hydrogen (secondary N) is 1. The summed E-state index contributed by atoms with van der Waals surface area (Å²) in [4.78, 5) is 25.7. The molecule has 7 nitrogen and oxygen atoms in total. The Morgan fingerprint density at radius 1 is 0.923 bits per heavy atom. The first-order chi connectivity index (χ1) is 18.6. The van der Waals surface area contributed by atoms with Crippen molar-refractivity contribution in [2.75, 3.05) is 13.7 Å². The average molecular weight is 572 g/mol. The highest BCUT2D eigenvalue weighted by atomic mass is 35.5. The lowest BCUT2D eigenvalue weighted by atomic mass is 9.96. The molecule has 3 aromatic rings. The van der Waals surface area contributed by atoms with E-state index in [-0.39, 0.29) is 19.1 Å². The van der Waals surface area contributed by atoms with Gasteiger partial charge in [0.2, 0.25) is 5.91 Å². The van der Waals surface area contributed by atoms with Gasteiger partial charge in [0.1, 0.15) is 19.3 Å². The zero-order chi connectivity index (χ0) is 28.0. The third kappa shape index (κ3) is 8.03. The largest absolute Gasteiger partial charge is 0.459 e. The van der Waals surface area contributed by atoms with Crippen LogP contribution >= 0.6 is 23.2 Å². The standard InChI is InChI=1S/C30H31Cl2NO6/c1-30(2)38-27(28(39-30)29(35)37-17-20-7-5-4-6-8-20)25(33-26(34)18-36-3)13-19-9-11-21(12-10-19)22-14-23(31)16-24(32)15-22/h4-12,14-16,25,27-28H,13,17-18H2,1-3H3,(H,33,34)/t25-,27-,28+/m1/s1. The topological polar surface area (TPSA) is 83.1 Å². The monoisotopic (exact) mass is 571 g/mol. The Hall–Kier alpha value is -2.94. The molecule has 1 saturated heterocycles. The summed E-state index contributed by atoms with van der Waals surface area (Å²) in [6, 6.07) is 21.9. The Morgan fingerprint density at radius 2 is 1.59 bits per heavy atom. The highest BCUT2D eigenvalue weighted by Gasteiger charge is 2.49. The minimum Gasteiger partial charge on any atom is -0.459 e. The van der Waals surface area contributed by atoms with Crippen molar-refractivity contribution >= 4 is 35.1 Å². The van der Waals surface area contributed by atoms with E-state index >= 15 is 0 Å². The minimum atomic E-state index is -1.05. The Balaban J connectivity index is 1.54. The number of benzene rings is 3. The van der Waals surface area contributed by atoms with Crippen molar-refractivity contribution in [1.82, 2.24) is 5.32 Å². The molecule has 1 aliphatic heterocycles. The van der Waals surface area contributed by atoms with Gasteiger partial charge in [0.05, 0.1) is 6.04 Å². The molecule has 3 aromatic carbocycles. The minimum absolute atomic E-state index is 0.0996. The number of hydrogen-bond donors (Lipinski definition) is 1. The molecule has 9 heteroatoms. The lowest BCUT2D eigenvalue weighted by molar-refractivity contribution is -0.171. The predicted molar refractivity (Wildman–Crippen MR) is 149 cm³/mol. The number of ether oxygens (including phenoxy) is 4. The van der Waals surface area contributed by atoms with E-state index in [9.17, 15) is 9.59 Å². The number of carbonyl (C=O) groups is 2. The lowest BCUT2D eigenvalue weighted by Gasteiger charge is -2.27. The molecule has 0 radical (unpaired) electrons. The molecule has 3 atom stereocenters. The van der Waals surface area contributed by atoms with Crippen LogP contribution in [0.2, 0.25) is 10.0 Å². The predicted octanol–water partition coefficient (Wildman–Crippen LogP) is 5.60. The summed E-state index contributed by atoms with van der Waals surface area (Å²) in [6.07, 6.45) is -1.46. The van der Waals surface area contributed by atoms with Gasteiger partial charge in [0.15, 0.2) is 11.9 Å². The number of esters is 1. The maximum Gasteiger partial charge on any atom is 0.338 e. The molecule has 0 unspecified atom stereocenters. The van der Waals surface area contributed by atoms with Gasteiger partial charge in [-0.25, -0.2) is 4.79 Å². The molecule has 0 bridgehead atoms. The third-order valence-corrected chi connectivity index (χ3v) is 6.65. The quantitative estimate of drug-likeness (QED) is 0.319. The van der Waals surface area contributed by atoms with Gasteiger partial charge in [-0.2, -0.15) is 0 Å². The average Bonchev–Trinajstić information content (AvgIpc) is 3.23. The molecule has 39 heavy (non-hydrogen) atoms. The van der Waals surface area contributed by atoms with Crippen LogP contribution in [0.25, 0.3) is 11.1 Å². The number of halogens is 2.